The van der Waals surface area contributed by atoms with Crippen LogP contribution in [0.5, 0.6) is 5.75 Å². The molecule has 5 rings (SSSR count). The van der Waals surface area contributed by atoms with E-state index >= 15 is 0 Å². The fourth-order valence-electron chi connectivity index (χ4n) is 5.40. The second-order valence-electron chi connectivity index (χ2n) is 11.2. The summed E-state index contributed by atoms with van der Waals surface area (Å²) >= 11 is 1.63. The summed E-state index contributed by atoms with van der Waals surface area (Å²) in [6.07, 6.45) is 5.35. The van der Waals surface area contributed by atoms with Crippen molar-refractivity contribution in [3.05, 3.63) is 50.6 Å². The lowest BCUT2D eigenvalue weighted by molar-refractivity contribution is 0.0102. The number of aromatic nitrogens is 1. The molecule has 208 valence electrons. The van der Waals surface area contributed by atoms with Crippen LogP contribution in [0, 0.1) is 0 Å². The van der Waals surface area contributed by atoms with Crippen LogP contribution in [0.1, 0.15) is 79.3 Å². The van der Waals surface area contributed by atoms with Crippen molar-refractivity contribution in [2.75, 3.05) is 20.3 Å². The maximum absolute atomic E-state index is 13.1. The number of nitrogens with zero attached hydrogens (tertiary/aromatic N) is 2. The van der Waals surface area contributed by atoms with Gasteiger partial charge in [0.05, 0.1) is 30.7 Å². The van der Waals surface area contributed by atoms with Crippen LogP contribution in [0.15, 0.2) is 29.2 Å². The van der Waals surface area contributed by atoms with Gasteiger partial charge in [0.2, 0.25) is 5.43 Å². The van der Waals surface area contributed by atoms with Gasteiger partial charge in [-0.1, -0.05) is 0 Å². The van der Waals surface area contributed by atoms with E-state index in [4.69, 9.17) is 9.47 Å². The number of rotatable bonds is 7. The third-order valence-corrected chi connectivity index (χ3v) is 8.46. The number of carbonyl (C=O) groups is 2. The molecule has 1 amide bonds. The van der Waals surface area contributed by atoms with Crippen molar-refractivity contribution >= 4 is 34.3 Å². The molecule has 3 aromatic rings. The first-order valence-electron chi connectivity index (χ1n) is 13.3. The normalized spacial score (nSPS) is 17.1. The molecule has 0 radical (unpaired) electrons. The first kappa shape index (κ1) is 27.2. The molecule has 2 aliphatic carbocycles. The predicted molar refractivity (Wildman–Crippen MR) is 149 cm³/mol. The number of fused-ring (bicyclic) bond motifs is 2. The van der Waals surface area contributed by atoms with Gasteiger partial charge in [-0.15, -0.1) is 11.3 Å². The number of aryl methyl sites for hydroxylation is 1. The van der Waals surface area contributed by atoms with Crippen LogP contribution in [-0.4, -0.2) is 57.6 Å². The lowest BCUT2D eigenvalue weighted by Gasteiger charge is -2.35. The van der Waals surface area contributed by atoms with Crippen molar-refractivity contribution in [2.24, 2.45) is 0 Å². The van der Waals surface area contributed by atoms with Gasteiger partial charge in [0.1, 0.15) is 11.2 Å². The molecule has 10 heteroatoms. The van der Waals surface area contributed by atoms with Crippen molar-refractivity contribution < 1.29 is 29.3 Å². The van der Waals surface area contributed by atoms with E-state index in [1.165, 1.54) is 6.20 Å². The van der Waals surface area contributed by atoms with Gasteiger partial charge in [0.25, 0.3) is 0 Å². The average Bonchev–Trinajstić information content (AvgIpc) is 3.62. The highest BCUT2D eigenvalue weighted by molar-refractivity contribution is 7.15. The number of carbonyl (C=O) groups excluding carboxylic acids is 1. The number of thiophene rings is 1. The number of benzene rings is 1. The number of aromatic carboxylic acids is 1. The Bertz CT molecular complexity index is 1500. The van der Waals surface area contributed by atoms with Crippen molar-refractivity contribution in [3.63, 3.8) is 0 Å². The predicted octanol–water partition coefficient (Wildman–Crippen LogP) is 5.38. The zero-order chi connectivity index (χ0) is 28.1. The number of carboxylic acids is 1. The van der Waals surface area contributed by atoms with Crippen LogP contribution in [0.25, 0.3) is 21.3 Å². The van der Waals surface area contributed by atoms with Crippen LogP contribution in [0.2, 0.25) is 0 Å². The third kappa shape index (κ3) is 5.15. The molecular formula is C29H34N2O7S. The molecule has 1 aromatic carbocycles. The van der Waals surface area contributed by atoms with Crippen LogP contribution >= 0.6 is 11.3 Å². The molecule has 0 bridgehead atoms. The summed E-state index contributed by atoms with van der Waals surface area (Å²) in [6, 6.07) is 5.48. The Balaban J connectivity index is 1.62. The largest absolute Gasteiger partial charge is 0.494 e. The van der Waals surface area contributed by atoms with Crippen molar-refractivity contribution in [1.82, 2.24) is 9.47 Å². The highest BCUT2D eigenvalue weighted by Crippen LogP contribution is 2.47. The van der Waals surface area contributed by atoms with E-state index in [9.17, 15) is 24.6 Å². The van der Waals surface area contributed by atoms with Crippen LogP contribution in [0.3, 0.4) is 0 Å². The summed E-state index contributed by atoms with van der Waals surface area (Å²) in [5.74, 6) is -0.711. The molecule has 2 N–H and O–H groups in total. The van der Waals surface area contributed by atoms with Crippen molar-refractivity contribution in [1.29, 1.82) is 0 Å². The number of ether oxygens (including phenoxy) is 2. The summed E-state index contributed by atoms with van der Waals surface area (Å²) in [7, 11) is 1.56. The summed E-state index contributed by atoms with van der Waals surface area (Å²) < 4.78 is 13.4. The molecular weight excluding hydrogens is 520 g/mol. The molecule has 2 aromatic heterocycles. The number of aliphatic hydroxyl groups is 1. The second-order valence-corrected chi connectivity index (χ2v) is 12.3. The highest BCUT2D eigenvalue weighted by atomic mass is 32.1. The monoisotopic (exact) mass is 554 g/mol. The minimum absolute atomic E-state index is 0.122. The van der Waals surface area contributed by atoms with Gasteiger partial charge in [0.15, 0.2) is 5.75 Å². The molecule has 1 fully saturated rings. The Hall–Kier alpha value is -3.37. The molecule has 1 unspecified atom stereocenters. The topological polar surface area (TPSA) is 118 Å². The summed E-state index contributed by atoms with van der Waals surface area (Å²) in [5, 5.41) is 19.7. The van der Waals surface area contributed by atoms with Crippen LogP contribution < -0.4 is 10.2 Å². The van der Waals surface area contributed by atoms with E-state index in [1.54, 1.807) is 29.4 Å². The van der Waals surface area contributed by atoms with Crippen molar-refractivity contribution in [2.45, 2.75) is 70.6 Å². The van der Waals surface area contributed by atoms with E-state index in [0.29, 0.717) is 16.7 Å². The molecule has 0 saturated heterocycles. The zero-order valence-electron chi connectivity index (χ0n) is 22.7. The van der Waals surface area contributed by atoms with Gasteiger partial charge in [-0.3, -0.25) is 9.69 Å². The number of carboxylic acid groups (broad SMARTS) is 1. The Morgan fingerprint density at radius 2 is 1.95 bits per heavy atom. The minimum atomic E-state index is -1.24. The van der Waals surface area contributed by atoms with E-state index in [2.05, 4.69) is 6.07 Å². The first-order valence-corrected chi connectivity index (χ1v) is 14.1. The first-order chi connectivity index (χ1) is 18.5. The quantitative estimate of drug-likeness (QED) is 0.403. The smallest absolute Gasteiger partial charge is 0.410 e. The fraction of sp³-hybridized carbons (Fsp3) is 0.483. The molecule has 1 atom stereocenters. The number of methoxy groups -OCH3 is 1. The Labute approximate surface area is 230 Å². The Kier molecular flexibility index (Phi) is 7.19. The number of hydrogen-bond acceptors (Lipinski definition) is 7. The van der Waals surface area contributed by atoms with E-state index in [0.717, 1.165) is 53.0 Å². The van der Waals surface area contributed by atoms with Gasteiger partial charge in [0, 0.05) is 34.1 Å². The number of amides is 1. The molecule has 2 heterocycles. The molecule has 0 aliphatic heterocycles. The van der Waals surface area contributed by atoms with E-state index in [1.807, 2.05) is 31.4 Å². The van der Waals surface area contributed by atoms with Gasteiger partial charge < -0.3 is 24.3 Å². The van der Waals surface area contributed by atoms with Gasteiger partial charge in [-0.05, 0) is 76.6 Å². The van der Waals surface area contributed by atoms with Crippen LogP contribution in [0.4, 0.5) is 4.79 Å². The zero-order valence-corrected chi connectivity index (χ0v) is 23.5. The standard InChI is InChI=1S/C29H34N2O7S/c1-29(2,3)38-28(36)30(12-13-32)21-6-5-7-22-19(21)14-23(39-22)17-10-11-18-24(26(17)37-4)31(16-8-9-16)15-20(25(18)33)27(34)35/h10-11,14-16,21,32H,5-9,12-13H2,1-4H3,(H,34,35). The summed E-state index contributed by atoms with van der Waals surface area (Å²) in [4.78, 5) is 41.7. The Morgan fingerprint density at radius 3 is 2.56 bits per heavy atom. The van der Waals surface area contributed by atoms with E-state index in [-0.39, 0.29) is 30.8 Å². The lowest BCUT2D eigenvalue weighted by atomic mass is 9.92. The number of pyridine rings is 1. The average molecular weight is 555 g/mol. The molecule has 9 nitrogen and oxygen atoms in total. The molecule has 1 saturated carbocycles. The number of hydrogen-bond donors (Lipinski definition) is 2. The SMILES string of the molecule is COc1c(-c2cc3c(s2)CCCC3N(CCO)C(=O)OC(C)(C)C)ccc2c(=O)c(C(=O)O)cn(C3CC3)c12. The lowest BCUT2D eigenvalue weighted by Crippen LogP contribution is -2.41. The van der Waals surface area contributed by atoms with Gasteiger partial charge in [-0.2, -0.15) is 0 Å². The summed E-state index contributed by atoms with van der Waals surface area (Å²) in [6.45, 7) is 5.47. The van der Waals surface area contributed by atoms with Crippen LogP contribution in [-0.2, 0) is 11.2 Å². The maximum atomic E-state index is 13.1. The second kappa shape index (κ2) is 10.3. The summed E-state index contributed by atoms with van der Waals surface area (Å²) in [5.41, 5.74) is 1.02. The fourth-order valence-corrected chi connectivity index (χ4v) is 6.68. The molecule has 39 heavy (non-hydrogen) atoms. The van der Waals surface area contributed by atoms with Gasteiger partial charge >= 0.3 is 12.1 Å². The minimum Gasteiger partial charge on any atom is -0.494 e. The Morgan fingerprint density at radius 1 is 1.21 bits per heavy atom. The molecule has 0 spiro atoms. The van der Waals surface area contributed by atoms with Gasteiger partial charge in [-0.25, -0.2) is 9.59 Å². The number of aliphatic hydroxyl groups excluding tert-OH is 1. The maximum Gasteiger partial charge on any atom is 0.410 e. The van der Waals surface area contributed by atoms with E-state index < -0.39 is 23.1 Å². The highest BCUT2D eigenvalue weighted by Gasteiger charge is 2.34. The third-order valence-electron chi connectivity index (χ3n) is 7.21. The molecule has 2 aliphatic rings. The van der Waals surface area contributed by atoms with Crippen molar-refractivity contribution in [3.8, 4) is 16.2 Å².